The highest BCUT2D eigenvalue weighted by Crippen LogP contribution is 2.40. The molecule has 0 bridgehead atoms. The van der Waals surface area contributed by atoms with Crippen LogP contribution in [0.5, 0.6) is 0 Å². The highest BCUT2D eigenvalue weighted by atomic mass is 16.5. The predicted molar refractivity (Wildman–Crippen MR) is 204 cm³/mol. The summed E-state index contributed by atoms with van der Waals surface area (Å²) in [6.07, 6.45) is 24.7. The number of terminal acetylenes is 2. The summed E-state index contributed by atoms with van der Waals surface area (Å²) < 4.78 is 11.5. The first-order valence-electron chi connectivity index (χ1n) is 16.8. The summed E-state index contributed by atoms with van der Waals surface area (Å²) >= 11 is 0. The van der Waals surface area contributed by atoms with Gasteiger partial charge < -0.3 is 19.7 Å². The zero-order valence-corrected chi connectivity index (χ0v) is 29.6. The quantitative estimate of drug-likeness (QED) is 0.137. The molecule has 2 N–H and O–H groups in total. The summed E-state index contributed by atoms with van der Waals surface area (Å²) in [5.41, 5.74) is 6.00. The fourth-order valence-corrected chi connectivity index (χ4v) is 6.48. The molecule has 0 spiro atoms. The molecule has 2 aliphatic rings. The molecule has 4 heteroatoms. The number of benzene rings is 3. The first kappa shape index (κ1) is 38.6. The molecule has 0 saturated carbocycles. The first-order valence-corrected chi connectivity index (χ1v) is 16.8. The lowest BCUT2D eigenvalue weighted by Crippen LogP contribution is -2.31. The third-order valence-electron chi connectivity index (χ3n) is 9.28. The molecule has 0 aliphatic heterocycles. The summed E-state index contributed by atoms with van der Waals surface area (Å²) in [4.78, 5) is 0. The Morgan fingerprint density at radius 1 is 0.918 bits per heavy atom. The Hall–Kier alpha value is -4.84. The van der Waals surface area contributed by atoms with Crippen molar-refractivity contribution in [2.45, 2.75) is 69.7 Å². The minimum absolute atomic E-state index is 0.0484. The summed E-state index contributed by atoms with van der Waals surface area (Å²) in [5.74, 6) is 6.07. The van der Waals surface area contributed by atoms with Gasteiger partial charge >= 0.3 is 0 Å². The van der Waals surface area contributed by atoms with Crippen LogP contribution in [0.1, 0.15) is 91.9 Å². The Kier molecular flexibility index (Phi) is 13.8. The number of ether oxygens (including phenoxy) is 2. The number of aliphatic hydroxyl groups is 2. The van der Waals surface area contributed by atoms with Crippen molar-refractivity contribution in [2.24, 2.45) is 0 Å². The van der Waals surface area contributed by atoms with Gasteiger partial charge in [0.1, 0.15) is 17.0 Å². The second-order valence-corrected chi connectivity index (χ2v) is 11.7. The van der Waals surface area contributed by atoms with Crippen LogP contribution >= 0.6 is 0 Å². The van der Waals surface area contributed by atoms with Crippen LogP contribution in [0.4, 0.5) is 0 Å². The van der Waals surface area contributed by atoms with Crippen LogP contribution in [0, 0.1) is 24.7 Å². The molecule has 254 valence electrons. The van der Waals surface area contributed by atoms with Crippen LogP contribution in [0.2, 0.25) is 0 Å². The van der Waals surface area contributed by atoms with Crippen LogP contribution in [0.25, 0.3) is 11.1 Å². The zero-order valence-electron chi connectivity index (χ0n) is 29.6. The summed E-state index contributed by atoms with van der Waals surface area (Å²) in [6.45, 7) is 15.8. The van der Waals surface area contributed by atoms with E-state index in [0.29, 0.717) is 0 Å². The third kappa shape index (κ3) is 8.25. The van der Waals surface area contributed by atoms with Gasteiger partial charge in [0.25, 0.3) is 0 Å². The van der Waals surface area contributed by atoms with E-state index in [1.165, 1.54) is 0 Å². The Balaban J connectivity index is 0.00000157. The summed E-state index contributed by atoms with van der Waals surface area (Å²) in [6, 6.07) is 20.0. The van der Waals surface area contributed by atoms with Crippen molar-refractivity contribution in [3.63, 3.8) is 0 Å². The zero-order chi connectivity index (χ0) is 36.2. The maximum atomic E-state index is 11.6. The number of rotatable bonds is 9. The molecule has 0 amide bonds. The van der Waals surface area contributed by atoms with Gasteiger partial charge in [-0.2, -0.15) is 0 Å². The van der Waals surface area contributed by atoms with Crippen LogP contribution in [0.15, 0.2) is 122 Å². The van der Waals surface area contributed by atoms with Crippen molar-refractivity contribution < 1.29 is 19.7 Å². The largest absolute Gasteiger partial charge is 0.508 e. The topological polar surface area (TPSA) is 58.9 Å². The molecular weight excluding hydrogens is 604 g/mol. The fourth-order valence-electron chi connectivity index (χ4n) is 6.48. The molecule has 0 radical (unpaired) electrons. The molecule has 3 aromatic carbocycles. The number of methoxy groups -OCH3 is 2. The van der Waals surface area contributed by atoms with Crippen LogP contribution in [-0.2, 0) is 20.7 Å². The van der Waals surface area contributed by atoms with E-state index < -0.39 is 11.2 Å². The van der Waals surface area contributed by atoms with Gasteiger partial charge in [-0.3, -0.25) is 0 Å². The van der Waals surface area contributed by atoms with E-state index in [1.807, 2.05) is 80.6 Å². The van der Waals surface area contributed by atoms with Gasteiger partial charge in [-0.05, 0) is 107 Å². The van der Waals surface area contributed by atoms with Crippen molar-refractivity contribution in [2.75, 3.05) is 14.2 Å². The Morgan fingerprint density at radius 2 is 1.51 bits per heavy atom. The maximum absolute atomic E-state index is 11.6. The number of allylic oxidation sites excluding steroid dienone is 2. The number of hydrogen-bond acceptors (Lipinski definition) is 4. The van der Waals surface area contributed by atoms with Gasteiger partial charge in [0.2, 0.25) is 0 Å². The van der Waals surface area contributed by atoms with E-state index in [1.54, 1.807) is 26.4 Å². The molecule has 2 aliphatic carbocycles. The standard InChI is InChI=1S/C41H40O4.C2H6.C2H4/c1-7-29-27-38(30(8-2)26-37(29)32-12-10-31(11-13-32)28(4)42)33-14-18-35(19-15-33)40(43)22-24-41(45-6,25-23-40)36-20-16-34(17-21-36)39(9-3)44-5;2*1-2/h1-2,10,14-27,32,39,42-43H,4,9,11-13H2,3,5-6H3;1-2H3;1-2H2. The lowest BCUT2D eigenvalue weighted by molar-refractivity contribution is 0.0591. The minimum Gasteiger partial charge on any atom is -0.508 e. The summed E-state index contributed by atoms with van der Waals surface area (Å²) in [7, 11) is 3.39. The highest BCUT2D eigenvalue weighted by Gasteiger charge is 2.35. The van der Waals surface area contributed by atoms with E-state index in [2.05, 4.69) is 50.6 Å². The molecule has 0 fully saturated rings. The number of hydrogen-bond donors (Lipinski definition) is 2. The molecule has 5 rings (SSSR count). The van der Waals surface area contributed by atoms with Crippen molar-refractivity contribution in [1.82, 2.24) is 0 Å². The normalized spacial score (nSPS) is 21.4. The lowest BCUT2D eigenvalue weighted by Gasteiger charge is -2.34. The molecule has 0 aromatic heterocycles. The molecule has 2 atom stereocenters. The average molecular weight is 655 g/mol. The Morgan fingerprint density at radius 3 is 1.98 bits per heavy atom. The average Bonchev–Trinajstić information content (AvgIpc) is 3.17. The van der Waals surface area contributed by atoms with Gasteiger partial charge in [0.05, 0.1) is 6.10 Å². The third-order valence-corrected chi connectivity index (χ3v) is 9.28. The molecule has 3 aromatic rings. The fraction of sp³-hybridized carbons (Fsp3) is 0.289. The second kappa shape index (κ2) is 17.5. The van der Waals surface area contributed by atoms with Crippen LogP contribution < -0.4 is 0 Å². The van der Waals surface area contributed by atoms with Gasteiger partial charge in [0.15, 0.2) is 0 Å². The minimum atomic E-state index is -1.31. The highest BCUT2D eigenvalue weighted by molar-refractivity contribution is 5.74. The molecule has 4 nitrogen and oxygen atoms in total. The molecule has 0 heterocycles. The van der Waals surface area contributed by atoms with Crippen molar-refractivity contribution in [1.29, 1.82) is 0 Å². The van der Waals surface area contributed by atoms with E-state index in [-0.39, 0.29) is 17.8 Å². The van der Waals surface area contributed by atoms with Crippen LogP contribution in [0.3, 0.4) is 0 Å². The van der Waals surface area contributed by atoms with E-state index in [9.17, 15) is 10.2 Å². The van der Waals surface area contributed by atoms with Gasteiger partial charge in [-0.1, -0.05) is 93.8 Å². The van der Waals surface area contributed by atoms with Crippen molar-refractivity contribution in [3.8, 4) is 35.8 Å². The lowest BCUT2D eigenvalue weighted by atomic mass is 9.80. The Labute approximate surface area is 294 Å². The molecule has 2 unspecified atom stereocenters. The molecular formula is C45H50O4. The number of aliphatic hydroxyl groups excluding tert-OH is 1. The van der Waals surface area contributed by atoms with Gasteiger partial charge in [0, 0.05) is 25.3 Å². The smallest absolute Gasteiger partial charge is 0.129 e. The second-order valence-electron chi connectivity index (χ2n) is 11.7. The first-order chi connectivity index (χ1) is 23.7. The maximum Gasteiger partial charge on any atom is 0.129 e. The van der Waals surface area contributed by atoms with E-state index in [4.69, 9.17) is 22.3 Å². The molecule has 49 heavy (non-hydrogen) atoms. The van der Waals surface area contributed by atoms with Gasteiger partial charge in [-0.25, -0.2) is 0 Å². The SMILES string of the molecule is C#Cc1cc(C2CC=C(C(=C)O)CC2)c(C#C)cc1-c1ccc(C2(O)C=CC(OC)(c3ccc(C(CC)OC)cc3)C=C2)cc1.C=C.CC. The van der Waals surface area contributed by atoms with E-state index >= 15 is 0 Å². The van der Waals surface area contributed by atoms with Crippen molar-refractivity contribution in [3.05, 3.63) is 155 Å². The van der Waals surface area contributed by atoms with E-state index in [0.717, 1.165) is 75.8 Å². The van der Waals surface area contributed by atoms with Crippen LogP contribution in [-0.4, -0.2) is 24.4 Å². The Bertz CT molecular complexity index is 1740. The van der Waals surface area contributed by atoms with Gasteiger partial charge in [-0.15, -0.1) is 26.0 Å². The molecule has 0 saturated heterocycles. The predicted octanol–water partition coefficient (Wildman–Crippen LogP) is 10.4. The monoisotopic (exact) mass is 654 g/mol. The van der Waals surface area contributed by atoms with Crippen molar-refractivity contribution >= 4 is 0 Å². The summed E-state index contributed by atoms with van der Waals surface area (Å²) in [5, 5.41) is 21.4.